The Hall–Kier alpha value is -1.66. The van der Waals surface area contributed by atoms with E-state index in [-0.39, 0.29) is 0 Å². The minimum absolute atomic E-state index is 0.537. The Bertz CT molecular complexity index is 547. The minimum atomic E-state index is 0.537. The highest BCUT2D eigenvalue weighted by Crippen LogP contribution is 2.26. The van der Waals surface area contributed by atoms with Crippen molar-refractivity contribution >= 4 is 11.3 Å². The summed E-state index contributed by atoms with van der Waals surface area (Å²) in [5, 5.41) is 11.6. The summed E-state index contributed by atoms with van der Waals surface area (Å²) in [6.07, 6.45) is 1.28. The molecule has 0 unspecified atom stereocenters. The molecule has 2 aromatic rings. The van der Waals surface area contributed by atoms with E-state index in [1.165, 1.54) is 5.56 Å². The van der Waals surface area contributed by atoms with Crippen LogP contribution in [0.25, 0.3) is 10.6 Å². The molecule has 92 valence electrons. The molecule has 2 nitrogen and oxygen atoms in total. The summed E-state index contributed by atoms with van der Waals surface area (Å²) in [4.78, 5) is 4.56. The average Bonchev–Trinajstić information content (AvgIpc) is 2.85. The average molecular weight is 256 g/mol. The molecule has 0 atom stereocenters. The molecule has 1 aromatic heterocycles. The van der Waals surface area contributed by atoms with Crippen LogP contribution in [0, 0.1) is 11.3 Å². The van der Waals surface area contributed by atoms with Gasteiger partial charge in [-0.3, -0.25) is 0 Å². The maximum atomic E-state index is 8.56. The van der Waals surface area contributed by atoms with Crippen molar-refractivity contribution in [2.45, 2.75) is 32.6 Å². The molecule has 0 radical (unpaired) electrons. The van der Waals surface area contributed by atoms with E-state index in [0.717, 1.165) is 22.7 Å². The highest BCUT2D eigenvalue weighted by Gasteiger charge is 2.05. The van der Waals surface area contributed by atoms with Gasteiger partial charge >= 0.3 is 0 Å². The largest absolute Gasteiger partial charge is 0.241 e. The molecule has 0 N–H and O–H groups in total. The van der Waals surface area contributed by atoms with Gasteiger partial charge in [0.1, 0.15) is 5.01 Å². The molecule has 0 aliphatic heterocycles. The van der Waals surface area contributed by atoms with Gasteiger partial charge in [0.05, 0.1) is 11.8 Å². The van der Waals surface area contributed by atoms with Crippen molar-refractivity contribution < 1.29 is 0 Å². The van der Waals surface area contributed by atoms with Crippen LogP contribution in [0.5, 0.6) is 0 Å². The Labute approximate surface area is 112 Å². The maximum absolute atomic E-state index is 8.56. The topological polar surface area (TPSA) is 36.7 Å². The number of benzene rings is 1. The van der Waals surface area contributed by atoms with Crippen molar-refractivity contribution in [2.24, 2.45) is 0 Å². The van der Waals surface area contributed by atoms with Crippen LogP contribution in [-0.4, -0.2) is 4.98 Å². The predicted molar refractivity (Wildman–Crippen MR) is 75.6 cm³/mol. The summed E-state index contributed by atoms with van der Waals surface area (Å²) in [5.74, 6) is 0.557. The molecule has 1 aromatic carbocycles. The molecular formula is C15H16N2S. The number of aromatic nitrogens is 1. The van der Waals surface area contributed by atoms with Gasteiger partial charge in [-0.25, -0.2) is 4.98 Å². The monoisotopic (exact) mass is 256 g/mol. The molecule has 2 rings (SSSR count). The normalized spacial score (nSPS) is 10.6. The van der Waals surface area contributed by atoms with Crippen LogP contribution in [0.4, 0.5) is 0 Å². The molecule has 0 aliphatic carbocycles. The van der Waals surface area contributed by atoms with Gasteiger partial charge in [0.15, 0.2) is 0 Å². The van der Waals surface area contributed by atoms with Crippen LogP contribution < -0.4 is 0 Å². The van der Waals surface area contributed by atoms with Crippen molar-refractivity contribution in [1.82, 2.24) is 4.98 Å². The standard InChI is InChI=1S/C15H16N2S/c1-11(2)12-5-7-13(8-6-12)15-17-14(10-18-15)4-3-9-16/h5-8,10-11H,3-4H2,1-2H3. The zero-order valence-electron chi connectivity index (χ0n) is 10.7. The summed E-state index contributed by atoms with van der Waals surface area (Å²) in [6.45, 7) is 4.39. The fraction of sp³-hybridized carbons (Fsp3) is 0.333. The third-order valence-corrected chi connectivity index (χ3v) is 3.81. The lowest BCUT2D eigenvalue weighted by Crippen LogP contribution is -1.87. The van der Waals surface area contributed by atoms with E-state index >= 15 is 0 Å². The van der Waals surface area contributed by atoms with E-state index < -0.39 is 0 Å². The van der Waals surface area contributed by atoms with E-state index in [0.29, 0.717) is 12.3 Å². The number of hydrogen-bond acceptors (Lipinski definition) is 3. The summed E-state index contributed by atoms with van der Waals surface area (Å²) < 4.78 is 0. The Morgan fingerprint density at radius 2 is 2.00 bits per heavy atom. The highest BCUT2D eigenvalue weighted by molar-refractivity contribution is 7.13. The molecule has 0 spiro atoms. The van der Waals surface area contributed by atoms with Crippen molar-refractivity contribution in [3.8, 4) is 16.6 Å². The number of rotatable bonds is 4. The van der Waals surface area contributed by atoms with Crippen LogP contribution in [0.3, 0.4) is 0 Å². The Kier molecular flexibility index (Phi) is 4.11. The lowest BCUT2D eigenvalue weighted by atomic mass is 10.0. The first-order valence-corrected chi connectivity index (χ1v) is 7.00. The Morgan fingerprint density at radius 1 is 1.28 bits per heavy atom. The highest BCUT2D eigenvalue weighted by atomic mass is 32.1. The number of hydrogen-bond donors (Lipinski definition) is 0. The van der Waals surface area contributed by atoms with E-state index in [1.807, 2.05) is 5.38 Å². The number of nitrogens with zero attached hydrogens (tertiary/aromatic N) is 2. The first kappa shape index (κ1) is 12.8. The van der Waals surface area contributed by atoms with Crippen LogP contribution in [0.1, 0.15) is 37.4 Å². The second-order valence-corrected chi connectivity index (χ2v) is 5.44. The zero-order valence-corrected chi connectivity index (χ0v) is 11.5. The molecule has 0 saturated heterocycles. The smallest absolute Gasteiger partial charge is 0.123 e. The second kappa shape index (κ2) is 5.79. The lowest BCUT2D eigenvalue weighted by Gasteiger charge is -2.05. The van der Waals surface area contributed by atoms with Crippen molar-refractivity contribution in [3.63, 3.8) is 0 Å². The first-order chi connectivity index (χ1) is 8.70. The molecule has 0 aliphatic rings. The van der Waals surface area contributed by atoms with Gasteiger partial charge in [-0.15, -0.1) is 11.3 Å². The van der Waals surface area contributed by atoms with Crippen LogP contribution in [0.15, 0.2) is 29.6 Å². The summed E-state index contributed by atoms with van der Waals surface area (Å²) >= 11 is 1.65. The van der Waals surface area contributed by atoms with Crippen LogP contribution >= 0.6 is 11.3 Å². The third-order valence-electron chi connectivity index (χ3n) is 2.87. The Morgan fingerprint density at radius 3 is 2.61 bits per heavy atom. The number of nitriles is 1. The Balaban J connectivity index is 2.16. The summed E-state index contributed by atoms with van der Waals surface area (Å²) in [7, 11) is 0. The predicted octanol–water partition coefficient (Wildman–Crippen LogP) is 4.39. The van der Waals surface area contributed by atoms with E-state index in [9.17, 15) is 0 Å². The van der Waals surface area contributed by atoms with Gasteiger partial charge in [-0.1, -0.05) is 38.1 Å². The summed E-state index contributed by atoms with van der Waals surface area (Å²) in [6, 6.07) is 10.7. The van der Waals surface area contributed by atoms with E-state index in [1.54, 1.807) is 11.3 Å². The minimum Gasteiger partial charge on any atom is -0.241 e. The second-order valence-electron chi connectivity index (χ2n) is 4.58. The number of aryl methyl sites for hydroxylation is 1. The van der Waals surface area contributed by atoms with Gasteiger partial charge < -0.3 is 0 Å². The SMILES string of the molecule is CC(C)c1ccc(-c2nc(CCC#N)cs2)cc1. The molecule has 0 fully saturated rings. The molecular weight excluding hydrogens is 240 g/mol. The van der Waals surface area contributed by atoms with Gasteiger partial charge in [0.2, 0.25) is 0 Å². The van der Waals surface area contributed by atoms with Gasteiger partial charge in [-0.05, 0) is 11.5 Å². The summed E-state index contributed by atoms with van der Waals surface area (Å²) in [5.41, 5.74) is 3.53. The number of thiazole rings is 1. The van der Waals surface area contributed by atoms with Crippen LogP contribution in [-0.2, 0) is 6.42 Å². The molecule has 0 bridgehead atoms. The molecule has 3 heteroatoms. The van der Waals surface area contributed by atoms with Gasteiger partial charge in [0, 0.05) is 23.8 Å². The lowest BCUT2D eigenvalue weighted by molar-refractivity contribution is 0.867. The molecule has 1 heterocycles. The third kappa shape index (κ3) is 2.96. The molecule has 18 heavy (non-hydrogen) atoms. The van der Waals surface area contributed by atoms with Gasteiger partial charge in [-0.2, -0.15) is 5.26 Å². The maximum Gasteiger partial charge on any atom is 0.123 e. The zero-order chi connectivity index (χ0) is 13.0. The van der Waals surface area contributed by atoms with E-state index in [4.69, 9.17) is 5.26 Å². The molecule has 0 amide bonds. The quantitative estimate of drug-likeness (QED) is 0.813. The van der Waals surface area contributed by atoms with E-state index in [2.05, 4.69) is 49.2 Å². The van der Waals surface area contributed by atoms with Crippen molar-refractivity contribution in [1.29, 1.82) is 5.26 Å². The molecule has 0 saturated carbocycles. The fourth-order valence-electron chi connectivity index (χ4n) is 1.75. The van der Waals surface area contributed by atoms with Crippen molar-refractivity contribution in [3.05, 3.63) is 40.9 Å². The van der Waals surface area contributed by atoms with Crippen molar-refractivity contribution in [2.75, 3.05) is 0 Å². The first-order valence-electron chi connectivity index (χ1n) is 6.12. The van der Waals surface area contributed by atoms with Crippen LogP contribution in [0.2, 0.25) is 0 Å². The fourth-order valence-corrected chi connectivity index (χ4v) is 2.61. The van der Waals surface area contributed by atoms with Gasteiger partial charge in [0.25, 0.3) is 0 Å².